The molecule has 0 aliphatic heterocycles. The summed E-state index contributed by atoms with van der Waals surface area (Å²) in [6, 6.07) is 25.4. The summed E-state index contributed by atoms with van der Waals surface area (Å²) in [7, 11) is -8.87. The van der Waals surface area contributed by atoms with Crippen molar-refractivity contribution in [2.75, 3.05) is 36.0 Å². The van der Waals surface area contributed by atoms with E-state index in [0.717, 1.165) is 74.7 Å². The van der Waals surface area contributed by atoms with Crippen LogP contribution in [0.1, 0.15) is 61.1 Å². The Hall–Kier alpha value is -3.24. The number of allylic oxidation sites excluding steroid dienone is 5. The van der Waals surface area contributed by atoms with Gasteiger partial charge in [0.05, 0.1) is 9.79 Å². The SMILES string of the molecule is CCN(Cc1cccc(S(=O)(=O)[O-])c1)c1ccc(C(=C2C=CC(=[N+](CC)CC)C=C2)c2ccc(N(CC)Cc3cccc(S(=O)(=O)O)c3)cc2C)c(C)c1.[Ba]. The van der Waals surface area contributed by atoms with E-state index in [2.05, 4.69) is 110 Å². The Bertz CT molecular complexity index is 2220. The maximum atomic E-state index is 11.8. The first-order valence-electron chi connectivity index (χ1n) is 18.2. The van der Waals surface area contributed by atoms with Crippen molar-refractivity contribution in [1.82, 2.24) is 0 Å². The Balaban J connectivity index is 0.00000673. The van der Waals surface area contributed by atoms with Crippen molar-refractivity contribution < 1.29 is 30.5 Å². The first-order valence-corrected chi connectivity index (χ1v) is 21.1. The zero-order valence-corrected chi connectivity index (χ0v) is 38.6. The van der Waals surface area contributed by atoms with Gasteiger partial charge in [-0.1, -0.05) is 36.4 Å². The van der Waals surface area contributed by atoms with Crippen molar-refractivity contribution in [1.29, 1.82) is 0 Å². The van der Waals surface area contributed by atoms with Gasteiger partial charge in [0, 0.05) is 98.6 Å². The molecule has 0 unspecified atom stereocenters. The van der Waals surface area contributed by atoms with Crippen LogP contribution in [0.2, 0.25) is 0 Å². The molecule has 0 aromatic heterocycles. The predicted octanol–water partition coefficient (Wildman–Crippen LogP) is 7.55. The first-order chi connectivity index (χ1) is 25.7. The van der Waals surface area contributed by atoms with Crippen LogP contribution in [0.4, 0.5) is 11.4 Å². The van der Waals surface area contributed by atoms with E-state index in [-0.39, 0.29) is 58.7 Å². The van der Waals surface area contributed by atoms with Gasteiger partial charge in [0.2, 0.25) is 0 Å². The second kappa shape index (κ2) is 19.3. The standard InChI is InChI=1S/C43H49N3O6S2.Ba/c1-7-44(8-2)36-19-17-35(18-20-36)43(41-23-21-37(25-31(41)5)45(9-3)29-33-13-11-15-39(27-33)53(47,48)49)42-24-22-38(26-32(42)6)46(10-4)30-34-14-12-16-40(28-34)54(50,51)52;/h11-28H,7-10,29-30H2,1-6H3,(H-,47,48,49,50,51,52);. The zero-order chi connectivity index (χ0) is 39.2. The monoisotopic (exact) mass is 905 g/mol. The molecule has 0 amide bonds. The van der Waals surface area contributed by atoms with E-state index in [1.807, 2.05) is 19.1 Å². The summed E-state index contributed by atoms with van der Waals surface area (Å²) in [4.78, 5) is 3.96. The van der Waals surface area contributed by atoms with Crippen LogP contribution >= 0.6 is 0 Å². The summed E-state index contributed by atoms with van der Waals surface area (Å²) < 4.78 is 70.5. The maximum Gasteiger partial charge on any atom is 0.294 e. The van der Waals surface area contributed by atoms with Gasteiger partial charge in [0.15, 0.2) is 5.71 Å². The topological polar surface area (TPSA) is 121 Å². The van der Waals surface area contributed by atoms with Crippen LogP contribution in [0.5, 0.6) is 0 Å². The molecule has 286 valence electrons. The Morgan fingerprint density at radius 3 is 1.51 bits per heavy atom. The summed E-state index contributed by atoms with van der Waals surface area (Å²) in [5.74, 6) is 0. The number of benzene rings is 4. The van der Waals surface area contributed by atoms with E-state index < -0.39 is 20.2 Å². The second-order valence-electron chi connectivity index (χ2n) is 13.3. The van der Waals surface area contributed by atoms with Gasteiger partial charge in [-0.3, -0.25) is 4.55 Å². The largest absolute Gasteiger partial charge is 0.744 e. The van der Waals surface area contributed by atoms with Crippen molar-refractivity contribution in [3.05, 3.63) is 148 Å². The van der Waals surface area contributed by atoms with Crippen LogP contribution < -0.4 is 9.80 Å². The van der Waals surface area contributed by atoms with Crippen LogP contribution in [0.3, 0.4) is 0 Å². The minimum atomic E-state index is -4.56. The summed E-state index contributed by atoms with van der Waals surface area (Å²) in [6.45, 7) is 16.7. The van der Waals surface area contributed by atoms with E-state index in [0.29, 0.717) is 26.2 Å². The molecule has 1 aliphatic rings. The van der Waals surface area contributed by atoms with E-state index in [1.165, 1.54) is 24.3 Å². The van der Waals surface area contributed by atoms with E-state index in [4.69, 9.17) is 0 Å². The Kier molecular flexibility index (Phi) is 15.6. The molecule has 12 heteroatoms. The van der Waals surface area contributed by atoms with E-state index in [1.54, 1.807) is 12.1 Å². The van der Waals surface area contributed by atoms with Crippen LogP contribution in [0, 0.1) is 13.8 Å². The van der Waals surface area contributed by atoms with Crippen LogP contribution in [0.15, 0.2) is 125 Å². The molecule has 0 spiro atoms. The molecular formula is C43H49BaN3O6S2. The molecule has 4 aromatic carbocycles. The molecule has 2 radical (unpaired) electrons. The van der Waals surface area contributed by atoms with E-state index in [9.17, 15) is 25.9 Å². The molecular weight excluding hydrogens is 856 g/mol. The molecule has 0 fully saturated rings. The quantitative estimate of drug-likeness (QED) is 0.0783. The van der Waals surface area contributed by atoms with Crippen molar-refractivity contribution >= 4 is 91.8 Å². The molecule has 0 heterocycles. The number of rotatable bonds is 14. The molecule has 5 rings (SSSR count). The van der Waals surface area contributed by atoms with Gasteiger partial charge in [0.1, 0.15) is 23.2 Å². The van der Waals surface area contributed by atoms with Gasteiger partial charge in [-0.15, -0.1) is 0 Å². The summed E-state index contributed by atoms with van der Waals surface area (Å²) in [6.07, 6.45) is 8.70. The van der Waals surface area contributed by atoms with E-state index >= 15 is 0 Å². The van der Waals surface area contributed by atoms with Gasteiger partial charge in [-0.2, -0.15) is 8.42 Å². The average Bonchev–Trinajstić information content (AvgIpc) is 3.14. The van der Waals surface area contributed by atoms with Crippen LogP contribution in [0.25, 0.3) is 5.57 Å². The minimum Gasteiger partial charge on any atom is -0.744 e. The predicted molar refractivity (Wildman–Crippen MR) is 223 cm³/mol. The number of hydrogen-bond acceptors (Lipinski definition) is 7. The van der Waals surface area contributed by atoms with Gasteiger partial charge in [-0.05, 0) is 147 Å². The molecule has 9 nitrogen and oxygen atoms in total. The molecule has 4 aromatic rings. The third-order valence-corrected chi connectivity index (χ3v) is 11.5. The first kappa shape index (κ1) is 44.5. The second-order valence-corrected chi connectivity index (χ2v) is 16.1. The zero-order valence-electron chi connectivity index (χ0n) is 32.5. The summed E-state index contributed by atoms with van der Waals surface area (Å²) in [5.41, 5.74) is 11.1. The third-order valence-electron chi connectivity index (χ3n) is 9.87. The number of hydrogen-bond donors (Lipinski definition) is 1. The Morgan fingerprint density at radius 2 is 1.11 bits per heavy atom. The Labute approximate surface area is 367 Å². The number of nitrogens with zero attached hydrogens (tertiary/aromatic N) is 3. The van der Waals surface area contributed by atoms with Crippen molar-refractivity contribution in [3.63, 3.8) is 0 Å². The van der Waals surface area contributed by atoms with Crippen LogP contribution in [-0.4, -0.2) is 111 Å². The van der Waals surface area contributed by atoms with Gasteiger partial charge in [-0.25, -0.2) is 13.0 Å². The summed E-state index contributed by atoms with van der Waals surface area (Å²) >= 11 is 0. The fourth-order valence-corrected chi connectivity index (χ4v) is 8.04. The molecule has 1 aliphatic carbocycles. The fourth-order valence-electron chi connectivity index (χ4n) is 6.95. The number of aryl methyl sites for hydroxylation is 2. The van der Waals surface area contributed by atoms with Gasteiger partial charge < -0.3 is 14.4 Å². The molecule has 55 heavy (non-hydrogen) atoms. The summed E-state index contributed by atoms with van der Waals surface area (Å²) in [5, 5.41) is 0. The smallest absolute Gasteiger partial charge is 0.294 e. The molecule has 1 N–H and O–H groups in total. The maximum absolute atomic E-state index is 11.8. The minimum absolute atomic E-state index is 0. The van der Waals surface area contributed by atoms with Crippen molar-refractivity contribution in [3.8, 4) is 0 Å². The average molecular weight is 905 g/mol. The van der Waals surface area contributed by atoms with Crippen molar-refractivity contribution in [2.24, 2.45) is 0 Å². The van der Waals surface area contributed by atoms with Gasteiger partial charge >= 0.3 is 0 Å². The Morgan fingerprint density at radius 1 is 0.655 bits per heavy atom. The number of anilines is 2. The molecule has 0 atom stereocenters. The molecule has 0 bridgehead atoms. The molecule has 0 saturated carbocycles. The van der Waals surface area contributed by atoms with Crippen LogP contribution in [-0.2, 0) is 33.3 Å². The fraction of sp³-hybridized carbons (Fsp3) is 0.279. The van der Waals surface area contributed by atoms with Gasteiger partial charge in [0.25, 0.3) is 10.1 Å². The van der Waals surface area contributed by atoms with Crippen molar-refractivity contribution in [2.45, 2.75) is 64.4 Å². The normalized spacial score (nSPS) is 12.7. The third kappa shape index (κ3) is 11.0. The molecule has 0 saturated heterocycles.